The van der Waals surface area contributed by atoms with E-state index in [1.807, 2.05) is 0 Å². The van der Waals surface area contributed by atoms with Crippen LogP contribution in [0.1, 0.15) is 10.4 Å². The first-order chi connectivity index (χ1) is 8.69. The lowest BCUT2D eigenvalue weighted by atomic mass is 10.1. The minimum atomic E-state index is -0.354. The number of ether oxygens (including phenoxy) is 1. The summed E-state index contributed by atoms with van der Waals surface area (Å²) < 4.78 is 4.84. The van der Waals surface area contributed by atoms with Crippen LogP contribution in [0.3, 0.4) is 0 Å². The van der Waals surface area contributed by atoms with Crippen molar-refractivity contribution in [2.45, 2.75) is 0 Å². The van der Waals surface area contributed by atoms with Gasteiger partial charge in [0.1, 0.15) is 0 Å². The highest BCUT2D eigenvalue weighted by molar-refractivity contribution is 6.06. The van der Waals surface area contributed by atoms with E-state index in [2.05, 4.69) is 17.2 Å². The van der Waals surface area contributed by atoms with Gasteiger partial charge in [-0.1, -0.05) is 18.7 Å². The molecule has 0 aliphatic carbocycles. The molecule has 1 rings (SSSR count). The van der Waals surface area contributed by atoms with Crippen LogP contribution in [0.15, 0.2) is 36.9 Å². The van der Waals surface area contributed by atoms with Gasteiger partial charge in [0.05, 0.1) is 17.9 Å². The summed E-state index contributed by atoms with van der Waals surface area (Å²) in [5, 5.41) is 5.27. The van der Waals surface area contributed by atoms with Crippen molar-refractivity contribution in [3.63, 3.8) is 0 Å². The molecule has 2 amide bonds. The Morgan fingerprint density at radius 1 is 1.39 bits per heavy atom. The first-order valence-corrected chi connectivity index (χ1v) is 5.48. The minimum Gasteiger partial charge on any atom is -0.383 e. The van der Waals surface area contributed by atoms with Crippen LogP contribution in [-0.4, -0.2) is 32.1 Å². The van der Waals surface area contributed by atoms with Crippen LogP contribution < -0.4 is 10.6 Å². The molecule has 0 heterocycles. The Bertz CT molecular complexity index is 444. The second-order valence-electron chi connectivity index (χ2n) is 3.49. The predicted octanol–water partition coefficient (Wildman–Crippen LogP) is 1.19. The highest BCUT2D eigenvalue weighted by Gasteiger charge is 2.11. The quantitative estimate of drug-likeness (QED) is 0.587. The van der Waals surface area contributed by atoms with E-state index in [1.54, 1.807) is 31.4 Å². The van der Waals surface area contributed by atoms with Crippen LogP contribution in [-0.2, 0) is 9.53 Å². The second kappa shape index (κ2) is 7.24. The van der Waals surface area contributed by atoms with Crippen molar-refractivity contribution in [2.75, 3.05) is 25.6 Å². The van der Waals surface area contributed by atoms with E-state index in [0.29, 0.717) is 24.4 Å². The van der Waals surface area contributed by atoms with Crippen molar-refractivity contribution in [2.24, 2.45) is 0 Å². The van der Waals surface area contributed by atoms with Crippen molar-refractivity contribution in [3.05, 3.63) is 42.5 Å². The molecular formula is C13H16N2O3. The average Bonchev–Trinajstić information content (AvgIpc) is 2.39. The summed E-state index contributed by atoms with van der Waals surface area (Å²) in [5.74, 6) is -0.612. The Kier molecular flexibility index (Phi) is 5.60. The van der Waals surface area contributed by atoms with E-state index in [0.717, 1.165) is 6.08 Å². The van der Waals surface area contributed by atoms with Gasteiger partial charge in [0.15, 0.2) is 0 Å². The molecule has 0 fully saturated rings. The number of hydrogen-bond donors (Lipinski definition) is 2. The monoisotopic (exact) mass is 248 g/mol. The molecule has 0 bridgehead atoms. The Labute approximate surface area is 106 Å². The van der Waals surface area contributed by atoms with Gasteiger partial charge in [-0.05, 0) is 18.2 Å². The van der Waals surface area contributed by atoms with Crippen LogP contribution >= 0.6 is 0 Å². The molecule has 0 atom stereocenters. The largest absolute Gasteiger partial charge is 0.383 e. The van der Waals surface area contributed by atoms with Crippen molar-refractivity contribution < 1.29 is 14.3 Å². The number of amides is 2. The van der Waals surface area contributed by atoms with Crippen LogP contribution in [0.25, 0.3) is 0 Å². The van der Waals surface area contributed by atoms with Crippen molar-refractivity contribution in [1.82, 2.24) is 5.32 Å². The zero-order valence-electron chi connectivity index (χ0n) is 10.2. The maximum absolute atomic E-state index is 11.9. The van der Waals surface area contributed by atoms with Gasteiger partial charge in [-0.25, -0.2) is 0 Å². The smallest absolute Gasteiger partial charge is 0.253 e. The second-order valence-corrected chi connectivity index (χ2v) is 3.49. The molecule has 0 unspecified atom stereocenters. The number of anilines is 1. The van der Waals surface area contributed by atoms with E-state index in [4.69, 9.17) is 4.74 Å². The maximum Gasteiger partial charge on any atom is 0.253 e. The minimum absolute atomic E-state index is 0.257. The number of methoxy groups -OCH3 is 1. The lowest BCUT2D eigenvalue weighted by molar-refractivity contribution is -0.111. The first-order valence-electron chi connectivity index (χ1n) is 5.48. The summed E-state index contributed by atoms with van der Waals surface area (Å²) in [6.45, 7) is 4.22. The molecule has 5 heteroatoms. The molecule has 0 aromatic heterocycles. The Morgan fingerprint density at radius 3 is 2.78 bits per heavy atom. The molecule has 5 nitrogen and oxygen atoms in total. The van der Waals surface area contributed by atoms with E-state index in [1.165, 1.54) is 0 Å². The van der Waals surface area contributed by atoms with Crippen LogP contribution in [0.5, 0.6) is 0 Å². The fraction of sp³-hybridized carbons (Fsp3) is 0.231. The van der Waals surface area contributed by atoms with Crippen molar-refractivity contribution in [1.29, 1.82) is 0 Å². The van der Waals surface area contributed by atoms with Gasteiger partial charge in [0.25, 0.3) is 5.91 Å². The summed E-state index contributed by atoms with van der Waals surface area (Å²) in [7, 11) is 1.56. The fourth-order valence-corrected chi connectivity index (χ4v) is 1.34. The van der Waals surface area contributed by atoms with Gasteiger partial charge in [-0.3, -0.25) is 9.59 Å². The Morgan fingerprint density at radius 2 is 2.11 bits per heavy atom. The van der Waals surface area contributed by atoms with Gasteiger partial charge in [-0.15, -0.1) is 0 Å². The molecule has 0 radical (unpaired) electrons. The Hall–Kier alpha value is -2.14. The standard InChI is InChI=1S/C13H16N2O3/c1-3-12(16)15-11-7-5-4-6-10(11)13(17)14-8-9-18-2/h3-7H,1,8-9H2,2H3,(H,14,17)(H,15,16). The highest BCUT2D eigenvalue weighted by atomic mass is 16.5. The van der Waals surface area contributed by atoms with Gasteiger partial charge in [0, 0.05) is 13.7 Å². The molecule has 0 aliphatic heterocycles. The van der Waals surface area contributed by atoms with Gasteiger partial charge in [0.2, 0.25) is 5.91 Å². The number of carbonyl (C=O) groups is 2. The Balaban J connectivity index is 2.77. The highest BCUT2D eigenvalue weighted by Crippen LogP contribution is 2.14. The number of para-hydroxylation sites is 1. The van der Waals surface area contributed by atoms with Crippen molar-refractivity contribution >= 4 is 17.5 Å². The number of carbonyl (C=O) groups excluding carboxylic acids is 2. The predicted molar refractivity (Wildman–Crippen MR) is 69.5 cm³/mol. The molecule has 2 N–H and O–H groups in total. The molecule has 1 aromatic carbocycles. The topological polar surface area (TPSA) is 67.4 Å². The van der Waals surface area contributed by atoms with Gasteiger partial charge in [-0.2, -0.15) is 0 Å². The zero-order chi connectivity index (χ0) is 13.4. The maximum atomic E-state index is 11.9. The zero-order valence-corrected chi connectivity index (χ0v) is 10.2. The third kappa shape index (κ3) is 4.03. The molecule has 0 spiro atoms. The number of benzene rings is 1. The third-order valence-corrected chi connectivity index (χ3v) is 2.21. The molecule has 18 heavy (non-hydrogen) atoms. The van der Waals surface area contributed by atoms with E-state index < -0.39 is 0 Å². The lowest BCUT2D eigenvalue weighted by Crippen LogP contribution is -2.28. The van der Waals surface area contributed by atoms with E-state index >= 15 is 0 Å². The molecular weight excluding hydrogens is 232 g/mol. The summed E-state index contributed by atoms with van der Waals surface area (Å²) in [6.07, 6.45) is 1.15. The van der Waals surface area contributed by atoms with Crippen molar-refractivity contribution in [3.8, 4) is 0 Å². The molecule has 96 valence electrons. The molecule has 0 saturated heterocycles. The molecule has 1 aromatic rings. The summed E-state index contributed by atoms with van der Waals surface area (Å²) in [6, 6.07) is 6.77. The third-order valence-electron chi connectivity index (χ3n) is 2.21. The van der Waals surface area contributed by atoms with E-state index in [-0.39, 0.29) is 11.8 Å². The normalized spacial score (nSPS) is 9.61. The number of hydrogen-bond acceptors (Lipinski definition) is 3. The molecule has 0 aliphatic rings. The average molecular weight is 248 g/mol. The number of rotatable bonds is 6. The fourth-order valence-electron chi connectivity index (χ4n) is 1.34. The summed E-state index contributed by atoms with van der Waals surface area (Å²) >= 11 is 0. The van der Waals surface area contributed by atoms with Gasteiger partial charge < -0.3 is 15.4 Å². The summed E-state index contributed by atoms with van der Waals surface area (Å²) in [5.41, 5.74) is 0.862. The molecule has 0 saturated carbocycles. The van der Waals surface area contributed by atoms with Crippen LogP contribution in [0, 0.1) is 0 Å². The van der Waals surface area contributed by atoms with Crippen LogP contribution in [0.2, 0.25) is 0 Å². The lowest BCUT2D eigenvalue weighted by Gasteiger charge is -2.10. The summed E-state index contributed by atoms with van der Waals surface area (Å²) in [4.78, 5) is 23.1. The first kappa shape index (κ1) is 13.9. The van der Waals surface area contributed by atoms with E-state index in [9.17, 15) is 9.59 Å². The van der Waals surface area contributed by atoms with Gasteiger partial charge >= 0.3 is 0 Å². The van der Waals surface area contributed by atoms with Crippen LogP contribution in [0.4, 0.5) is 5.69 Å². The number of nitrogens with one attached hydrogen (secondary N) is 2. The SMILES string of the molecule is C=CC(=O)Nc1ccccc1C(=O)NCCOC.